The number of benzene rings is 1. The zero-order valence-corrected chi connectivity index (χ0v) is 11.4. The summed E-state index contributed by atoms with van der Waals surface area (Å²) in [6, 6.07) is 6.99. The molecule has 1 atom stereocenters. The molecule has 0 saturated carbocycles. The van der Waals surface area contributed by atoms with Crippen LogP contribution in [0.4, 0.5) is 5.69 Å². The third kappa shape index (κ3) is 2.81. The number of hydrogen-bond acceptors (Lipinski definition) is 4. The number of piperazine rings is 1. The molecule has 1 fully saturated rings. The van der Waals surface area contributed by atoms with E-state index >= 15 is 0 Å². The smallest absolute Gasteiger partial charge is 0.330 e. The minimum atomic E-state index is -0.616. The summed E-state index contributed by atoms with van der Waals surface area (Å²) in [7, 11) is 1.31. The quantitative estimate of drug-likeness (QED) is 0.825. The molecular formula is C12H13BrN2O3. The molecular weight excluding hydrogens is 300 g/mol. The maximum atomic E-state index is 11.6. The van der Waals surface area contributed by atoms with Gasteiger partial charge in [-0.25, -0.2) is 4.79 Å². The maximum Gasteiger partial charge on any atom is 0.330 e. The van der Waals surface area contributed by atoms with Gasteiger partial charge in [0.15, 0.2) is 0 Å². The van der Waals surface area contributed by atoms with E-state index < -0.39 is 12.0 Å². The Hall–Kier alpha value is -1.56. The molecule has 2 rings (SSSR count). The van der Waals surface area contributed by atoms with E-state index in [-0.39, 0.29) is 12.5 Å². The fourth-order valence-electron chi connectivity index (χ4n) is 1.89. The summed E-state index contributed by atoms with van der Waals surface area (Å²) in [6.45, 7) is 0.652. The topological polar surface area (TPSA) is 58.6 Å². The SMILES string of the molecule is COC(=O)C1CN(c2cccc(Br)c2)CC(=O)N1. The number of anilines is 1. The number of ether oxygens (including phenoxy) is 1. The van der Waals surface area contributed by atoms with Crippen LogP contribution in [0, 0.1) is 0 Å². The minimum Gasteiger partial charge on any atom is -0.467 e. The van der Waals surface area contributed by atoms with Gasteiger partial charge >= 0.3 is 5.97 Å². The van der Waals surface area contributed by atoms with E-state index in [1.807, 2.05) is 29.2 Å². The van der Waals surface area contributed by atoms with Crippen LogP contribution in [0.1, 0.15) is 0 Å². The van der Waals surface area contributed by atoms with E-state index in [4.69, 9.17) is 0 Å². The number of nitrogens with one attached hydrogen (secondary N) is 1. The van der Waals surface area contributed by atoms with Crippen LogP contribution in [0.3, 0.4) is 0 Å². The molecule has 0 aromatic heterocycles. The Kier molecular flexibility index (Phi) is 3.86. The van der Waals surface area contributed by atoms with Gasteiger partial charge in [0.05, 0.1) is 13.7 Å². The van der Waals surface area contributed by atoms with Crippen LogP contribution in [0.5, 0.6) is 0 Å². The lowest BCUT2D eigenvalue weighted by molar-refractivity contribution is -0.145. The fourth-order valence-corrected chi connectivity index (χ4v) is 2.28. The van der Waals surface area contributed by atoms with E-state index in [1.165, 1.54) is 7.11 Å². The van der Waals surface area contributed by atoms with Crippen LogP contribution in [-0.4, -0.2) is 38.1 Å². The minimum absolute atomic E-state index is 0.184. The normalized spacial score (nSPS) is 19.3. The van der Waals surface area contributed by atoms with Crippen molar-refractivity contribution >= 4 is 33.5 Å². The summed E-state index contributed by atoms with van der Waals surface area (Å²) in [6.07, 6.45) is 0. The first-order chi connectivity index (χ1) is 8.60. The first-order valence-electron chi connectivity index (χ1n) is 5.48. The van der Waals surface area contributed by atoms with E-state index in [2.05, 4.69) is 26.0 Å². The Morgan fingerprint density at radius 1 is 1.56 bits per heavy atom. The van der Waals surface area contributed by atoms with Crippen LogP contribution >= 0.6 is 15.9 Å². The number of rotatable bonds is 2. The standard InChI is InChI=1S/C12H13BrN2O3/c1-18-12(17)10-6-15(7-11(16)14-10)9-4-2-3-8(13)5-9/h2-5,10H,6-7H2,1H3,(H,14,16). The largest absolute Gasteiger partial charge is 0.467 e. The molecule has 1 aliphatic heterocycles. The van der Waals surface area contributed by atoms with Crippen molar-refractivity contribution in [1.29, 1.82) is 0 Å². The van der Waals surface area contributed by atoms with Gasteiger partial charge in [0.1, 0.15) is 6.04 Å². The molecule has 1 unspecified atom stereocenters. The van der Waals surface area contributed by atoms with Crippen molar-refractivity contribution in [3.05, 3.63) is 28.7 Å². The molecule has 6 heteroatoms. The van der Waals surface area contributed by atoms with E-state index in [9.17, 15) is 9.59 Å². The molecule has 0 bridgehead atoms. The van der Waals surface area contributed by atoms with Crippen LogP contribution in [0.25, 0.3) is 0 Å². The molecule has 0 aliphatic carbocycles. The summed E-state index contributed by atoms with van der Waals surface area (Å²) in [5.74, 6) is -0.611. The first-order valence-corrected chi connectivity index (χ1v) is 6.27. The summed E-state index contributed by atoms with van der Waals surface area (Å²) in [5, 5.41) is 2.61. The Morgan fingerprint density at radius 3 is 3.00 bits per heavy atom. The summed E-state index contributed by atoms with van der Waals surface area (Å²) in [5.41, 5.74) is 0.896. The van der Waals surface area contributed by atoms with Crippen molar-refractivity contribution in [1.82, 2.24) is 5.32 Å². The highest BCUT2D eigenvalue weighted by atomic mass is 79.9. The van der Waals surface area contributed by atoms with Crippen LogP contribution < -0.4 is 10.2 Å². The van der Waals surface area contributed by atoms with Crippen molar-refractivity contribution in [3.8, 4) is 0 Å². The third-order valence-electron chi connectivity index (χ3n) is 2.73. The number of hydrogen-bond donors (Lipinski definition) is 1. The molecule has 18 heavy (non-hydrogen) atoms. The third-order valence-corrected chi connectivity index (χ3v) is 3.22. The Bertz CT molecular complexity index is 478. The van der Waals surface area contributed by atoms with Gasteiger partial charge in [-0.2, -0.15) is 0 Å². The summed E-state index contributed by atoms with van der Waals surface area (Å²) >= 11 is 3.38. The number of nitrogens with zero attached hydrogens (tertiary/aromatic N) is 1. The number of halogens is 1. The van der Waals surface area contributed by atoms with E-state index in [0.29, 0.717) is 6.54 Å². The molecule has 0 spiro atoms. The Morgan fingerprint density at radius 2 is 2.33 bits per heavy atom. The van der Waals surface area contributed by atoms with Crippen LogP contribution in [0.15, 0.2) is 28.7 Å². The van der Waals surface area contributed by atoms with Crippen LogP contribution in [-0.2, 0) is 14.3 Å². The molecule has 5 nitrogen and oxygen atoms in total. The van der Waals surface area contributed by atoms with Gasteiger partial charge in [-0.05, 0) is 18.2 Å². The monoisotopic (exact) mass is 312 g/mol. The second-order valence-corrected chi connectivity index (χ2v) is 4.92. The van der Waals surface area contributed by atoms with Crippen molar-refractivity contribution in [3.63, 3.8) is 0 Å². The van der Waals surface area contributed by atoms with Gasteiger partial charge in [-0.1, -0.05) is 22.0 Å². The van der Waals surface area contributed by atoms with Crippen molar-refractivity contribution in [2.24, 2.45) is 0 Å². The highest BCUT2D eigenvalue weighted by molar-refractivity contribution is 9.10. The van der Waals surface area contributed by atoms with Gasteiger partial charge < -0.3 is 15.0 Å². The summed E-state index contributed by atoms with van der Waals surface area (Å²) < 4.78 is 5.59. The molecule has 1 aromatic carbocycles. The van der Waals surface area contributed by atoms with Gasteiger partial charge in [-0.15, -0.1) is 0 Å². The lowest BCUT2D eigenvalue weighted by Crippen LogP contribution is -2.57. The average Bonchev–Trinajstić information content (AvgIpc) is 2.37. The molecule has 1 heterocycles. The number of carbonyl (C=O) groups is 2. The maximum absolute atomic E-state index is 11.6. The van der Waals surface area contributed by atoms with E-state index in [0.717, 1.165) is 10.2 Å². The number of esters is 1. The first kappa shape index (κ1) is 12.9. The van der Waals surface area contributed by atoms with Crippen molar-refractivity contribution in [2.75, 3.05) is 25.1 Å². The molecule has 1 saturated heterocycles. The zero-order valence-electron chi connectivity index (χ0n) is 9.85. The highest BCUT2D eigenvalue weighted by Gasteiger charge is 2.30. The number of carbonyl (C=O) groups excluding carboxylic acids is 2. The zero-order chi connectivity index (χ0) is 13.1. The average molecular weight is 313 g/mol. The van der Waals surface area contributed by atoms with Crippen molar-refractivity contribution < 1.29 is 14.3 Å². The predicted octanol–water partition coefficient (Wildman–Crippen LogP) is 0.927. The molecule has 0 radical (unpaired) electrons. The molecule has 96 valence electrons. The molecule has 1 amide bonds. The van der Waals surface area contributed by atoms with Gasteiger partial charge in [0.2, 0.25) is 5.91 Å². The number of methoxy groups -OCH3 is 1. The fraction of sp³-hybridized carbons (Fsp3) is 0.333. The van der Waals surface area contributed by atoms with Crippen molar-refractivity contribution in [2.45, 2.75) is 6.04 Å². The second kappa shape index (κ2) is 5.39. The van der Waals surface area contributed by atoms with Gasteiger partial charge in [0, 0.05) is 16.7 Å². The number of amides is 1. The summed E-state index contributed by atoms with van der Waals surface area (Å²) in [4.78, 5) is 24.9. The predicted molar refractivity (Wildman–Crippen MR) is 70.3 cm³/mol. The Balaban J connectivity index is 2.18. The lowest BCUT2D eigenvalue weighted by atomic mass is 10.2. The second-order valence-electron chi connectivity index (χ2n) is 4.00. The molecule has 1 aliphatic rings. The lowest BCUT2D eigenvalue weighted by Gasteiger charge is -2.33. The van der Waals surface area contributed by atoms with Gasteiger partial charge in [-0.3, -0.25) is 4.79 Å². The highest BCUT2D eigenvalue weighted by Crippen LogP contribution is 2.21. The van der Waals surface area contributed by atoms with Gasteiger partial charge in [0.25, 0.3) is 0 Å². The Labute approximate surface area is 113 Å². The van der Waals surface area contributed by atoms with E-state index in [1.54, 1.807) is 0 Å². The molecule has 1 N–H and O–H groups in total. The van der Waals surface area contributed by atoms with Crippen LogP contribution in [0.2, 0.25) is 0 Å². The molecule has 1 aromatic rings.